The predicted molar refractivity (Wildman–Crippen MR) is 138 cm³/mol. The largest absolute Gasteiger partial charge is 0.444 e. The van der Waals surface area contributed by atoms with Crippen molar-refractivity contribution in [2.24, 2.45) is 5.92 Å². The summed E-state index contributed by atoms with van der Waals surface area (Å²) < 4.78 is 5.40. The average molecular weight is 492 g/mol. The lowest BCUT2D eigenvalue weighted by atomic mass is 9.87. The van der Waals surface area contributed by atoms with Crippen LogP contribution in [0.15, 0.2) is 48.5 Å². The maximum Gasteiger partial charge on any atom is 0.408 e. The Hall–Kier alpha value is -3.35. The summed E-state index contributed by atoms with van der Waals surface area (Å²) in [5.74, 6) is -0.686. The van der Waals surface area contributed by atoms with E-state index in [1.165, 1.54) is 5.56 Å². The summed E-state index contributed by atoms with van der Waals surface area (Å²) >= 11 is 0. The summed E-state index contributed by atoms with van der Waals surface area (Å²) in [6, 6.07) is 14.2. The van der Waals surface area contributed by atoms with Crippen LogP contribution in [-0.4, -0.2) is 34.5 Å². The first kappa shape index (κ1) is 25.7. The highest BCUT2D eigenvalue weighted by atomic mass is 16.6. The molecule has 1 unspecified atom stereocenters. The Morgan fingerprint density at radius 2 is 1.61 bits per heavy atom. The topological polar surface area (TPSA) is 87.7 Å². The van der Waals surface area contributed by atoms with Crippen LogP contribution in [0.5, 0.6) is 0 Å². The van der Waals surface area contributed by atoms with Crippen molar-refractivity contribution in [3.8, 4) is 0 Å². The van der Waals surface area contributed by atoms with Gasteiger partial charge in [0.2, 0.25) is 11.8 Å². The Bertz CT molecular complexity index is 1140. The normalized spacial score (nSPS) is 19.8. The van der Waals surface area contributed by atoms with Crippen molar-refractivity contribution in [1.29, 1.82) is 0 Å². The standard InChI is InChI=1S/C29H37N3O4/c1-18(2)24(31-28(35)36-29(3,4)5)27(34)32-17-20-12-7-9-15-22(20)25(32)26(33)30-23-16-10-13-19-11-6-8-14-21(19)23/h6-9,11-12,14-15,18,23-25H,10,13,16-17H2,1-5H3,(H,30,33)(H,31,35)/t23-,24+,25?/m1/s1. The lowest BCUT2D eigenvalue weighted by molar-refractivity contribution is -0.143. The zero-order valence-electron chi connectivity index (χ0n) is 21.8. The Labute approximate surface area is 213 Å². The average Bonchev–Trinajstić information content (AvgIpc) is 3.21. The van der Waals surface area contributed by atoms with Gasteiger partial charge in [-0.3, -0.25) is 9.59 Å². The lowest BCUT2D eigenvalue weighted by Crippen LogP contribution is -2.53. The van der Waals surface area contributed by atoms with Crippen LogP contribution in [0.4, 0.5) is 4.79 Å². The number of alkyl carbamates (subject to hydrolysis) is 1. The molecule has 2 aromatic rings. The summed E-state index contributed by atoms with van der Waals surface area (Å²) in [5.41, 5.74) is 3.49. The molecule has 36 heavy (non-hydrogen) atoms. The summed E-state index contributed by atoms with van der Waals surface area (Å²) in [6.45, 7) is 9.39. The molecule has 0 radical (unpaired) electrons. The number of benzene rings is 2. The summed E-state index contributed by atoms with van der Waals surface area (Å²) in [7, 11) is 0. The van der Waals surface area contributed by atoms with Crippen molar-refractivity contribution in [2.75, 3.05) is 0 Å². The third-order valence-electron chi connectivity index (χ3n) is 6.82. The molecule has 1 heterocycles. The van der Waals surface area contributed by atoms with Gasteiger partial charge in [0.05, 0.1) is 6.04 Å². The molecular formula is C29H37N3O4. The van der Waals surface area contributed by atoms with Crippen LogP contribution in [-0.2, 0) is 27.3 Å². The molecule has 192 valence electrons. The molecule has 1 aliphatic carbocycles. The molecule has 7 heteroatoms. The fourth-order valence-electron chi connectivity index (χ4n) is 5.16. The number of carbonyl (C=O) groups excluding carboxylic acids is 3. The number of fused-ring (bicyclic) bond motifs is 2. The number of nitrogens with one attached hydrogen (secondary N) is 2. The van der Waals surface area contributed by atoms with Gasteiger partial charge in [0.25, 0.3) is 0 Å². The molecule has 4 rings (SSSR count). The van der Waals surface area contributed by atoms with Gasteiger partial charge in [0.15, 0.2) is 0 Å². The van der Waals surface area contributed by atoms with E-state index in [-0.39, 0.29) is 23.8 Å². The molecule has 0 saturated heterocycles. The molecule has 2 N–H and O–H groups in total. The van der Waals surface area contributed by atoms with E-state index >= 15 is 0 Å². The first-order valence-corrected chi connectivity index (χ1v) is 12.8. The van der Waals surface area contributed by atoms with E-state index in [0.717, 1.165) is 36.0 Å². The van der Waals surface area contributed by atoms with Gasteiger partial charge < -0.3 is 20.3 Å². The zero-order chi connectivity index (χ0) is 26.0. The Morgan fingerprint density at radius 3 is 2.28 bits per heavy atom. The van der Waals surface area contributed by atoms with Crippen LogP contribution >= 0.6 is 0 Å². The highest BCUT2D eigenvalue weighted by Gasteiger charge is 2.42. The molecule has 2 aliphatic rings. The van der Waals surface area contributed by atoms with Gasteiger partial charge in [0.1, 0.15) is 17.7 Å². The van der Waals surface area contributed by atoms with Gasteiger partial charge in [-0.1, -0.05) is 62.4 Å². The minimum atomic E-state index is -0.820. The molecule has 0 spiro atoms. The maximum atomic E-state index is 13.8. The number of nitrogens with zero attached hydrogens (tertiary/aromatic N) is 1. The molecule has 3 amide bonds. The summed E-state index contributed by atoms with van der Waals surface area (Å²) in [4.78, 5) is 41.7. The molecule has 3 atom stereocenters. The van der Waals surface area contributed by atoms with E-state index in [0.29, 0.717) is 6.54 Å². The fourth-order valence-corrected chi connectivity index (χ4v) is 5.16. The van der Waals surface area contributed by atoms with Crippen LogP contribution in [0.3, 0.4) is 0 Å². The van der Waals surface area contributed by atoms with E-state index in [9.17, 15) is 14.4 Å². The molecule has 0 bridgehead atoms. The summed E-state index contributed by atoms with van der Waals surface area (Å²) in [5, 5.41) is 5.98. The number of carbonyl (C=O) groups is 3. The zero-order valence-corrected chi connectivity index (χ0v) is 21.8. The Morgan fingerprint density at radius 1 is 0.972 bits per heavy atom. The van der Waals surface area contributed by atoms with E-state index in [1.807, 2.05) is 50.2 Å². The van der Waals surface area contributed by atoms with Crippen LogP contribution in [0, 0.1) is 5.92 Å². The highest BCUT2D eigenvalue weighted by Crippen LogP contribution is 2.36. The molecule has 7 nitrogen and oxygen atoms in total. The maximum absolute atomic E-state index is 13.8. The molecule has 0 aromatic heterocycles. The molecule has 1 aliphatic heterocycles. The second kappa shape index (κ2) is 10.3. The number of hydrogen-bond donors (Lipinski definition) is 2. The number of rotatable bonds is 5. The second-order valence-corrected chi connectivity index (χ2v) is 11.1. The highest BCUT2D eigenvalue weighted by molar-refractivity contribution is 5.93. The van der Waals surface area contributed by atoms with Crippen molar-refractivity contribution >= 4 is 17.9 Å². The van der Waals surface area contributed by atoms with Crippen molar-refractivity contribution in [3.05, 3.63) is 70.8 Å². The van der Waals surface area contributed by atoms with E-state index in [4.69, 9.17) is 4.74 Å². The van der Waals surface area contributed by atoms with E-state index in [2.05, 4.69) is 22.8 Å². The van der Waals surface area contributed by atoms with Gasteiger partial charge in [-0.15, -0.1) is 0 Å². The second-order valence-electron chi connectivity index (χ2n) is 11.1. The monoisotopic (exact) mass is 491 g/mol. The Kier molecular flexibility index (Phi) is 7.38. The number of aryl methyl sites for hydroxylation is 1. The molecule has 0 fully saturated rings. The number of amides is 3. The van der Waals surface area contributed by atoms with Gasteiger partial charge in [0, 0.05) is 6.54 Å². The first-order chi connectivity index (χ1) is 17.0. The van der Waals surface area contributed by atoms with E-state index < -0.39 is 23.8 Å². The van der Waals surface area contributed by atoms with Gasteiger partial charge in [-0.2, -0.15) is 0 Å². The van der Waals surface area contributed by atoms with Gasteiger partial charge >= 0.3 is 6.09 Å². The molecular weight excluding hydrogens is 454 g/mol. The van der Waals surface area contributed by atoms with Crippen molar-refractivity contribution in [1.82, 2.24) is 15.5 Å². The van der Waals surface area contributed by atoms with Crippen LogP contribution in [0.2, 0.25) is 0 Å². The van der Waals surface area contributed by atoms with Crippen LogP contribution in [0.1, 0.15) is 81.8 Å². The van der Waals surface area contributed by atoms with Gasteiger partial charge in [-0.25, -0.2) is 4.79 Å². The predicted octanol–water partition coefficient (Wildman–Crippen LogP) is 4.81. The minimum Gasteiger partial charge on any atom is -0.444 e. The number of ether oxygens (including phenoxy) is 1. The molecule has 2 aromatic carbocycles. The SMILES string of the molecule is CC(C)[C@H](NC(=O)OC(C)(C)C)C(=O)N1Cc2ccccc2C1C(=O)N[C@@H]1CCCc2ccccc21. The van der Waals surface area contributed by atoms with Crippen molar-refractivity contribution < 1.29 is 19.1 Å². The number of hydrogen-bond acceptors (Lipinski definition) is 4. The third kappa shape index (κ3) is 5.55. The molecule has 0 saturated carbocycles. The lowest BCUT2D eigenvalue weighted by Gasteiger charge is -2.33. The van der Waals surface area contributed by atoms with Crippen molar-refractivity contribution in [2.45, 2.75) is 84.2 Å². The van der Waals surface area contributed by atoms with Gasteiger partial charge in [-0.05, 0) is 68.2 Å². The minimum absolute atomic E-state index is 0.0899. The van der Waals surface area contributed by atoms with E-state index in [1.54, 1.807) is 25.7 Å². The first-order valence-electron chi connectivity index (χ1n) is 12.8. The summed E-state index contributed by atoms with van der Waals surface area (Å²) in [6.07, 6.45) is 2.22. The fraction of sp³-hybridized carbons (Fsp3) is 0.483. The third-order valence-corrected chi connectivity index (χ3v) is 6.82. The van der Waals surface area contributed by atoms with Crippen molar-refractivity contribution in [3.63, 3.8) is 0 Å². The smallest absolute Gasteiger partial charge is 0.408 e. The van der Waals surface area contributed by atoms with Crippen LogP contribution < -0.4 is 10.6 Å². The van der Waals surface area contributed by atoms with Crippen LogP contribution in [0.25, 0.3) is 0 Å². The Balaban J connectivity index is 1.59. The quantitative estimate of drug-likeness (QED) is 0.628.